The van der Waals surface area contributed by atoms with Gasteiger partial charge < -0.3 is 14.8 Å². The molecular formula is C17H25ClN2O3. The number of benzene rings is 1. The summed E-state index contributed by atoms with van der Waals surface area (Å²) in [5.41, 5.74) is 0.937. The van der Waals surface area contributed by atoms with Gasteiger partial charge in [0, 0.05) is 31.2 Å². The second kappa shape index (κ2) is 9.11. The van der Waals surface area contributed by atoms with Crippen molar-refractivity contribution in [3.63, 3.8) is 0 Å². The monoisotopic (exact) mass is 340 g/mol. The molecule has 1 heterocycles. The van der Waals surface area contributed by atoms with Crippen molar-refractivity contribution in [3.05, 3.63) is 28.8 Å². The number of aryl methyl sites for hydroxylation is 1. The predicted molar refractivity (Wildman–Crippen MR) is 91.2 cm³/mol. The third-order valence-electron chi connectivity index (χ3n) is 3.90. The minimum Gasteiger partial charge on any atom is -0.481 e. The summed E-state index contributed by atoms with van der Waals surface area (Å²) >= 11 is 6.01. The van der Waals surface area contributed by atoms with Gasteiger partial charge in [0.2, 0.25) is 0 Å². The lowest BCUT2D eigenvalue weighted by Crippen LogP contribution is -2.44. The molecule has 128 valence electrons. The van der Waals surface area contributed by atoms with E-state index in [9.17, 15) is 4.79 Å². The fraction of sp³-hybridized carbons (Fsp3) is 0.588. The van der Waals surface area contributed by atoms with E-state index in [1.807, 2.05) is 19.9 Å². The molecule has 1 atom stereocenters. The number of hydrogen-bond acceptors (Lipinski definition) is 4. The smallest absolute Gasteiger partial charge is 0.261 e. The standard InChI is InChI=1S/C17H25ClN2O3/c1-3-16(23-14-4-5-15(18)13(2)12-14)17(21)19-6-7-20-8-10-22-11-9-20/h4-5,12,16H,3,6-11H2,1-2H3,(H,19,21). The van der Waals surface area contributed by atoms with Crippen molar-refractivity contribution >= 4 is 17.5 Å². The lowest BCUT2D eigenvalue weighted by atomic mass is 10.2. The lowest BCUT2D eigenvalue weighted by Gasteiger charge is -2.26. The maximum Gasteiger partial charge on any atom is 0.261 e. The van der Waals surface area contributed by atoms with Crippen molar-refractivity contribution < 1.29 is 14.3 Å². The molecule has 0 aromatic heterocycles. The van der Waals surface area contributed by atoms with Crippen LogP contribution in [-0.2, 0) is 9.53 Å². The number of ether oxygens (including phenoxy) is 2. The number of carbonyl (C=O) groups is 1. The predicted octanol–water partition coefficient (Wildman–Crippen LogP) is 2.25. The third-order valence-corrected chi connectivity index (χ3v) is 4.33. The Labute approximate surface area is 142 Å². The molecule has 0 aliphatic carbocycles. The van der Waals surface area contributed by atoms with E-state index in [0.29, 0.717) is 23.7 Å². The Balaban J connectivity index is 1.79. The molecule has 0 radical (unpaired) electrons. The summed E-state index contributed by atoms with van der Waals surface area (Å²) in [6.45, 7) is 8.70. The third kappa shape index (κ3) is 5.68. The summed E-state index contributed by atoms with van der Waals surface area (Å²) in [5.74, 6) is 0.593. The van der Waals surface area contributed by atoms with Crippen LogP contribution in [0, 0.1) is 6.92 Å². The Hall–Kier alpha value is -1.30. The maximum absolute atomic E-state index is 12.3. The number of hydrogen-bond donors (Lipinski definition) is 1. The topological polar surface area (TPSA) is 50.8 Å². The van der Waals surface area contributed by atoms with Gasteiger partial charge >= 0.3 is 0 Å². The van der Waals surface area contributed by atoms with Crippen LogP contribution in [-0.4, -0.2) is 56.3 Å². The molecule has 6 heteroatoms. The molecule has 1 aromatic rings. The van der Waals surface area contributed by atoms with Crippen molar-refractivity contribution in [2.75, 3.05) is 39.4 Å². The van der Waals surface area contributed by atoms with Crippen LogP contribution in [0.1, 0.15) is 18.9 Å². The minimum atomic E-state index is -0.486. The first-order valence-corrected chi connectivity index (χ1v) is 8.48. The largest absolute Gasteiger partial charge is 0.481 e. The second-order valence-electron chi connectivity index (χ2n) is 5.67. The van der Waals surface area contributed by atoms with Gasteiger partial charge in [0.1, 0.15) is 5.75 Å². The molecule has 0 spiro atoms. The fourth-order valence-electron chi connectivity index (χ4n) is 2.45. The van der Waals surface area contributed by atoms with Crippen LogP contribution in [0.15, 0.2) is 18.2 Å². The van der Waals surface area contributed by atoms with Gasteiger partial charge in [0.25, 0.3) is 5.91 Å². The fourth-order valence-corrected chi connectivity index (χ4v) is 2.57. The molecule has 1 aromatic carbocycles. The van der Waals surface area contributed by atoms with E-state index in [-0.39, 0.29) is 5.91 Å². The van der Waals surface area contributed by atoms with E-state index in [0.717, 1.165) is 38.4 Å². The molecule has 1 aliphatic heterocycles. The van der Waals surface area contributed by atoms with Crippen LogP contribution >= 0.6 is 11.6 Å². The summed E-state index contributed by atoms with van der Waals surface area (Å²) in [6.07, 6.45) is 0.130. The van der Waals surface area contributed by atoms with Gasteiger partial charge in [-0.2, -0.15) is 0 Å². The van der Waals surface area contributed by atoms with Crippen LogP contribution in [0.4, 0.5) is 0 Å². The summed E-state index contributed by atoms with van der Waals surface area (Å²) < 4.78 is 11.1. The Kier molecular flexibility index (Phi) is 7.15. The summed E-state index contributed by atoms with van der Waals surface area (Å²) in [4.78, 5) is 14.6. The van der Waals surface area contributed by atoms with Gasteiger partial charge in [-0.15, -0.1) is 0 Å². The van der Waals surface area contributed by atoms with E-state index in [1.54, 1.807) is 12.1 Å². The average Bonchev–Trinajstić information content (AvgIpc) is 2.56. The van der Waals surface area contributed by atoms with Crippen LogP contribution in [0.3, 0.4) is 0 Å². The highest BCUT2D eigenvalue weighted by Gasteiger charge is 2.19. The molecule has 2 rings (SSSR count). The van der Waals surface area contributed by atoms with Crippen molar-refractivity contribution in [1.82, 2.24) is 10.2 Å². The van der Waals surface area contributed by atoms with Crippen LogP contribution < -0.4 is 10.1 Å². The van der Waals surface area contributed by atoms with Gasteiger partial charge in [-0.3, -0.25) is 9.69 Å². The molecule has 1 aliphatic rings. The minimum absolute atomic E-state index is 0.0756. The molecule has 5 nitrogen and oxygen atoms in total. The lowest BCUT2D eigenvalue weighted by molar-refractivity contribution is -0.128. The quantitative estimate of drug-likeness (QED) is 0.827. The first-order valence-electron chi connectivity index (χ1n) is 8.10. The molecule has 1 fully saturated rings. The highest BCUT2D eigenvalue weighted by Crippen LogP contribution is 2.22. The molecule has 1 amide bonds. The Morgan fingerprint density at radius 3 is 2.83 bits per heavy atom. The average molecular weight is 341 g/mol. The van der Waals surface area contributed by atoms with Gasteiger partial charge in [-0.25, -0.2) is 0 Å². The van der Waals surface area contributed by atoms with Crippen LogP contribution in [0.2, 0.25) is 5.02 Å². The summed E-state index contributed by atoms with van der Waals surface area (Å²) in [7, 11) is 0. The number of halogens is 1. The molecular weight excluding hydrogens is 316 g/mol. The number of amides is 1. The second-order valence-corrected chi connectivity index (χ2v) is 6.08. The van der Waals surface area contributed by atoms with Crippen molar-refractivity contribution in [2.45, 2.75) is 26.4 Å². The van der Waals surface area contributed by atoms with Gasteiger partial charge in [-0.1, -0.05) is 18.5 Å². The molecule has 1 unspecified atom stereocenters. The molecule has 1 N–H and O–H groups in total. The van der Waals surface area contributed by atoms with Crippen molar-refractivity contribution in [1.29, 1.82) is 0 Å². The number of nitrogens with one attached hydrogen (secondary N) is 1. The van der Waals surface area contributed by atoms with Crippen molar-refractivity contribution in [3.8, 4) is 5.75 Å². The number of nitrogens with zero attached hydrogens (tertiary/aromatic N) is 1. The first kappa shape index (κ1) is 18.0. The summed E-state index contributed by atoms with van der Waals surface area (Å²) in [6, 6.07) is 5.43. The van der Waals surface area contributed by atoms with Crippen molar-refractivity contribution in [2.24, 2.45) is 0 Å². The normalized spacial score (nSPS) is 16.8. The highest BCUT2D eigenvalue weighted by molar-refractivity contribution is 6.31. The molecule has 0 bridgehead atoms. The Morgan fingerprint density at radius 1 is 1.43 bits per heavy atom. The Morgan fingerprint density at radius 2 is 2.17 bits per heavy atom. The van der Waals surface area contributed by atoms with E-state index < -0.39 is 6.10 Å². The van der Waals surface area contributed by atoms with E-state index in [4.69, 9.17) is 21.1 Å². The zero-order valence-corrected chi connectivity index (χ0v) is 14.6. The highest BCUT2D eigenvalue weighted by atomic mass is 35.5. The van der Waals surface area contributed by atoms with Gasteiger partial charge in [-0.05, 0) is 37.1 Å². The molecule has 1 saturated heterocycles. The van der Waals surface area contributed by atoms with Crippen LogP contribution in [0.25, 0.3) is 0 Å². The van der Waals surface area contributed by atoms with E-state index in [2.05, 4.69) is 10.2 Å². The zero-order chi connectivity index (χ0) is 16.7. The SMILES string of the molecule is CCC(Oc1ccc(Cl)c(C)c1)C(=O)NCCN1CCOCC1. The van der Waals surface area contributed by atoms with Gasteiger partial charge in [0.05, 0.1) is 13.2 Å². The molecule has 23 heavy (non-hydrogen) atoms. The Bertz CT molecular complexity index is 519. The number of morpholine rings is 1. The number of carbonyl (C=O) groups excluding carboxylic acids is 1. The zero-order valence-electron chi connectivity index (χ0n) is 13.8. The summed E-state index contributed by atoms with van der Waals surface area (Å²) in [5, 5.41) is 3.65. The first-order chi connectivity index (χ1) is 11.1. The van der Waals surface area contributed by atoms with E-state index in [1.165, 1.54) is 0 Å². The number of rotatable bonds is 7. The van der Waals surface area contributed by atoms with Crippen LogP contribution in [0.5, 0.6) is 5.75 Å². The molecule has 0 saturated carbocycles. The maximum atomic E-state index is 12.3. The van der Waals surface area contributed by atoms with E-state index >= 15 is 0 Å². The van der Waals surface area contributed by atoms with Gasteiger partial charge in [0.15, 0.2) is 6.10 Å².